The number of rotatable bonds is 7. The Bertz CT molecular complexity index is 1260. The smallest absolute Gasteiger partial charge is 0.387 e. The molecule has 9 heteroatoms. The van der Waals surface area contributed by atoms with Gasteiger partial charge < -0.3 is 15.4 Å². The maximum absolute atomic E-state index is 12.8. The summed E-state index contributed by atoms with van der Waals surface area (Å²) in [5.74, 6) is 0.584. The minimum atomic E-state index is -2.90. The van der Waals surface area contributed by atoms with Crippen molar-refractivity contribution >= 4 is 34.0 Å². The van der Waals surface area contributed by atoms with Gasteiger partial charge in [0, 0.05) is 41.5 Å². The molecular formula is C23H21F2N5O2. The lowest BCUT2D eigenvalue weighted by Gasteiger charge is -2.12. The Balaban J connectivity index is 1.61. The normalized spacial score (nSPS) is 11.0. The molecule has 0 atom stereocenters. The lowest BCUT2D eigenvalue weighted by atomic mass is 10.2. The van der Waals surface area contributed by atoms with Crippen LogP contribution in [0.4, 0.5) is 26.0 Å². The predicted octanol–water partition coefficient (Wildman–Crippen LogP) is 5.09. The number of pyridine rings is 1. The van der Waals surface area contributed by atoms with E-state index in [2.05, 4.69) is 25.5 Å². The summed E-state index contributed by atoms with van der Waals surface area (Å²) in [5, 5.41) is 11.4. The highest BCUT2D eigenvalue weighted by molar-refractivity contribution is 5.89. The number of carbonyl (C=O) groups excluding carboxylic acids is 1. The molecule has 1 amide bonds. The Labute approximate surface area is 183 Å². The van der Waals surface area contributed by atoms with E-state index in [0.29, 0.717) is 17.1 Å². The van der Waals surface area contributed by atoms with Crippen molar-refractivity contribution in [2.24, 2.45) is 0 Å². The van der Waals surface area contributed by atoms with Crippen molar-refractivity contribution in [3.63, 3.8) is 0 Å². The number of carbonyl (C=O) groups is 1. The number of aromatic nitrogens is 3. The van der Waals surface area contributed by atoms with E-state index in [0.717, 1.165) is 22.3 Å². The molecule has 0 saturated heterocycles. The van der Waals surface area contributed by atoms with Crippen LogP contribution in [0, 0.1) is 6.92 Å². The lowest BCUT2D eigenvalue weighted by Crippen LogP contribution is -2.08. The van der Waals surface area contributed by atoms with Crippen molar-refractivity contribution in [3.05, 3.63) is 72.1 Å². The van der Waals surface area contributed by atoms with Crippen molar-refractivity contribution in [3.8, 4) is 5.75 Å². The van der Waals surface area contributed by atoms with E-state index in [9.17, 15) is 13.6 Å². The van der Waals surface area contributed by atoms with Crippen LogP contribution in [0.15, 0.2) is 60.8 Å². The third-order valence-corrected chi connectivity index (χ3v) is 4.81. The number of alkyl halides is 2. The molecule has 2 N–H and O–H groups in total. The number of para-hydroxylation sites is 1. The molecule has 4 rings (SSSR count). The van der Waals surface area contributed by atoms with Gasteiger partial charge in [0.25, 0.3) is 0 Å². The van der Waals surface area contributed by atoms with Gasteiger partial charge in [-0.25, -0.2) is 4.98 Å². The van der Waals surface area contributed by atoms with Crippen molar-refractivity contribution in [1.29, 1.82) is 0 Å². The Morgan fingerprint density at radius 1 is 1.12 bits per heavy atom. The highest BCUT2D eigenvalue weighted by Gasteiger charge is 2.14. The van der Waals surface area contributed by atoms with Crippen LogP contribution >= 0.6 is 0 Å². The molecule has 0 aliphatic rings. The predicted molar refractivity (Wildman–Crippen MR) is 118 cm³/mol. The summed E-state index contributed by atoms with van der Waals surface area (Å²) in [5.41, 5.74) is 3.68. The summed E-state index contributed by atoms with van der Waals surface area (Å²) in [7, 11) is 0. The van der Waals surface area contributed by atoms with Gasteiger partial charge in [-0.3, -0.25) is 9.48 Å². The second kappa shape index (κ2) is 9.01. The zero-order chi connectivity index (χ0) is 22.7. The van der Waals surface area contributed by atoms with Gasteiger partial charge in [0.05, 0.1) is 17.8 Å². The Hall–Kier alpha value is -4.01. The van der Waals surface area contributed by atoms with E-state index in [1.807, 2.05) is 25.1 Å². The molecule has 2 aromatic heterocycles. The summed E-state index contributed by atoms with van der Waals surface area (Å²) in [6.07, 6.45) is 1.73. The molecule has 0 spiro atoms. The van der Waals surface area contributed by atoms with Crippen LogP contribution in [0.3, 0.4) is 0 Å². The number of ether oxygens (including phenoxy) is 1. The summed E-state index contributed by atoms with van der Waals surface area (Å²) in [6, 6.07) is 15.8. The number of aryl methyl sites for hydroxylation is 1. The van der Waals surface area contributed by atoms with Crippen molar-refractivity contribution in [1.82, 2.24) is 14.8 Å². The SMILES string of the molecule is CC(=O)Nc1ccc(Nc2cc3c(cn2)c(C)nn3Cc2ccccc2OC(F)F)cc1. The largest absolute Gasteiger partial charge is 0.434 e. The van der Waals surface area contributed by atoms with E-state index in [1.54, 1.807) is 41.2 Å². The molecule has 32 heavy (non-hydrogen) atoms. The standard InChI is InChI=1S/C23H21F2N5O2/c1-14-19-12-26-22(28-18-9-7-17(8-10-18)27-15(2)31)11-20(19)30(29-14)13-16-5-3-4-6-21(16)32-23(24)25/h3-12,23H,13H2,1-2H3,(H,26,28)(H,27,31). The monoisotopic (exact) mass is 437 g/mol. The van der Waals surface area contributed by atoms with E-state index in [-0.39, 0.29) is 18.2 Å². The van der Waals surface area contributed by atoms with Crippen LogP contribution in [0.1, 0.15) is 18.2 Å². The zero-order valence-corrected chi connectivity index (χ0v) is 17.5. The molecule has 0 bridgehead atoms. The quantitative estimate of drug-likeness (QED) is 0.421. The van der Waals surface area contributed by atoms with Gasteiger partial charge in [-0.05, 0) is 37.3 Å². The summed E-state index contributed by atoms with van der Waals surface area (Å²) in [4.78, 5) is 15.6. The molecule has 2 aromatic carbocycles. The van der Waals surface area contributed by atoms with Crippen LogP contribution in [0.5, 0.6) is 5.75 Å². The Morgan fingerprint density at radius 2 is 1.84 bits per heavy atom. The third kappa shape index (κ3) is 4.83. The lowest BCUT2D eigenvalue weighted by molar-refractivity contribution is -0.114. The summed E-state index contributed by atoms with van der Waals surface area (Å²) in [6.45, 7) is 0.691. The highest BCUT2D eigenvalue weighted by atomic mass is 19.3. The van der Waals surface area contributed by atoms with Gasteiger partial charge in [0.2, 0.25) is 5.91 Å². The highest BCUT2D eigenvalue weighted by Crippen LogP contribution is 2.26. The fourth-order valence-corrected chi connectivity index (χ4v) is 3.41. The fourth-order valence-electron chi connectivity index (χ4n) is 3.41. The maximum atomic E-state index is 12.8. The average Bonchev–Trinajstić information content (AvgIpc) is 3.05. The van der Waals surface area contributed by atoms with Gasteiger partial charge in [0.1, 0.15) is 11.6 Å². The minimum absolute atomic E-state index is 0.121. The minimum Gasteiger partial charge on any atom is -0.434 e. The van der Waals surface area contributed by atoms with Gasteiger partial charge >= 0.3 is 6.61 Å². The maximum Gasteiger partial charge on any atom is 0.387 e. The van der Waals surface area contributed by atoms with Gasteiger partial charge in [-0.15, -0.1) is 0 Å². The fraction of sp³-hybridized carbons (Fsp3) is 0.174. The number of nitrogens with zero attached hydrogens (tertiary/aromatic N) is 3. The molecular weight excluding hydrogens is 416 g/mol. The molecule has 7 nitrogen and oxygen atoms in total. The molecule has 0 aliphatic heterocycles. The van der Waals surface area contributed by atoms with Crippen LogP contribution in [-0.4, -0.2) is 27.3 Å². The van der Waals surface area contributed by atoms with Gasteiger partial charge in [0.15, 0.2) is 0 Å². The first-order valence-electron chi connectivity index (χ1n) is 9.89. The number of amides is 1. The van der Waals surface area contributed by atoms with E-state index in [4.69, 9.17) is 0 Å². The number of hydrogen-bond donors (Lipinski definition) is 2. The zero-order valence-electron chi connectivity index (χ0n) is 17.5. The van der Waals surface area contributed by atoms with Crippen LogP contribution in [0.25, 0.3) is 10.9 Å². The van der Waals surface area contributed by atoms with Crippen LogP contribution in [-0.2, 0) is 11.3 Å². The van der Waals surface area contributed by atoms with Crippen molar-refractivity contribution in [2.45, 2.75) is 27.0 Å². The Morgan fingerprint density at radius 3 is 2.56 bits per heavy atom. The molecule has 164 valence electrons. The van der Waals surface area contributed by atoms with E-state index >= 15 is 0 Å². The van der Waals surface area contributed by atoms with Gasteiger partial charge in [-0.1, -0.05) is 18.2 Å². The topological polar surface area (TPSA) is 81.1 Å². The number of nitrogens with one attached hydrogen (secondary N) is 2. The molecule has 0 unspecified atom stereocenters. The van der Waals surface area contributed by atoms with Gasteiger partial charge in [-0.2, -0.15) is 13.9 Å². The second-order valence-electron chi connectivity index (χ2n) is 7.20. The molecule has 2 heterocycles. The van der Waals surface area contributed by atoms with E-state index in [1.165, 1.54) is 13.0 Å². The number of halogens is 2. The second-order valence-corrected chi connectivity index (χ2v) is 7.20. The van der Waals surface area contributed by atoms with Crippen LogP contribution in [0.2, 0.25) is 0 Å². The number of benzene rings is 2. The molecule has 0 radical (unpaired) electrons. The Kier molecular flexibility index (Phi) is 5.98. The molecule has 0 aliphatic carbocycles. The molecule has 0 saturated carbocycles. The van der Waals surface area contributed by atoms with E-state index < -0.39 is 6.61 Å². The number of anilines is 3. The first kappa shape index (κ1) is 21.2. The average molecular weight is 437 g/mol. The van der Waals surface area contributed by atoms with Crippen LogP contribution < -0.4 is 15.4 Å². The van der Waals surface area contributed by atoms with Crippen molar-refractivity contribution < 1.29 is 18.3 Å². The first-order valence-corrected chi connectivity index (χ1v) is 9.89. The first-order chi connectivity index (χ1) is 15.4. The molecule has 4 aromatic rings. The summed E-state index contributed by atoms with van der Waals surface area (Å²) >= 11 is 0. The number of hydrogen-bond acceptors (Lipinski definition) is 5. The molecule has 0 fully saturated rings. The van der Waals surface area contributed by atoms with Crippen molar-refractivity contribution in [2.75, 3.05) is 10.6 Å². The third-order valence-electron chi connectivity index (χ3n) is 4.81. The summed E-state index contributed by atoms with van der Waals surface area (Å²) < 4.78 is 31.9. The number of fused-ring (bicyclic) bond motifs is 1.